The van der Waals surface area contributed by atoms with Crippen molar-refractivity contribution < 1.29 is 28.1 Å². The molecule has 0 saturated heterocycles. The molecular formula is H4O6P2Se. The molecule has 0 bridgehead atoms. The van der Waals surface area contributed by atoms with Crippen LogP contribution in [0.5, 0.6) is 0 Å². The monoisotopic (exact) mass is 242 g/mol. The number of phosphoric acid groups is 1. The summed E-state index contributed by atoms with van der Waals surface area (Å²) < 4.78 is 23.2. The van der Waals surface area contributed by atoms with Crippen molar-refractivity contribution in [1.29, 1.82) is 0 Å². The van der Waals surface area contributed by atoms with Gasteiger partial charge in [-0.3, -0.25) is 0 Å². The Morgan fingerprint density at radius 1 is 1.22 bits per heavy atom. The molecule has 6 nitrogen and oxygen atoms in total. The first-order valence-corrected chi connectivity index (χ1v) is 7.11. The normalized spacial score (nSPS) is 19.1. The molecule has 0 aromatic heterocycles. The van der Waals surface area contributed by atoms with E-state index in [1.807, 2.05) is 0 Å². The van der Waals surface area contributed by atoms with Crippen molar-refractivity contribution in [3.8, 4) is 0 Å². The molecule has 0 aromatic rings. The van der Waals surface area contributed by atoms with Gasteiger partial charge in [0.25, 0.3) is 0 Å². The number of hydrogen-bond acceptors (Lipinski definition) is 3. The zero-order chi connectivity index (χ0) is 7.71. The van der Waals surface area contributed by atoms with Crippen LogP contribution in [0.3, 0.4) is 0 Å². The van der Waals surface area contributed by atoms with Gasteiger partial charge < -0.3 is 0 Å². The van der Waals surface area contributed by atoms with Crippen molar-refractivity contribution in [1.82, 2.24) is 0 Å². The molecule has 0 fully saturated rings. The minimum atomic E-state index is -4.82. The Kier molecular flexibility index (Phi) is 3.08. The first-order valence-electron chi connectivity index (χ1n) is 1.53. The SMILES string of the molecule is O=P(O)(O)OP(=O)(O)[SeH]. The molecule has 0 radical (unpaired) electrons. The van der Waals surface area contributed by atoms with Crippen molar-refractivity contribution in [2.24, 2.45) is 0 Å². The Balaban J connectivity index is 4.07. The van der Waals surface area contributed by atoms with Crippen LogP contribution in [0.2, 0.25) is 0 Å². The minimum absolute atomic E-state index is 1.13. The first kappa shape index (κ1) is 9.82. The van der Waals surface area contributed by atoms with Crippen molar-refractivity contribution in [2.45, 2.75) is 0 Å². The fourth-order valence-corrected chi connectivity index (χ4v) is 3.04. The molecule has 0 amide bonds. The van der Waals surface area contributed by atoms with Gasteiger partial charge in [0, 0.05) is 0 Å². The summed E-state index contributed by atoms with van der Waals surface area (Å²) in [6.07, 6.45) is -4.11. The van der Waals surface area contributed by atoms with Crippen molar-refractivity contribution >= 4 is 29.7 Å². The van der Waals surface area contributed by atoms with Gasteiger partial charge >= 0.3 is 57.8 Å². The molecule has 56 valence electrons. The summed E-state index contributed by atoms with van der Waals surface area (Å²) in [5, 5.41) is 0. The van der Waals surface area contributed by atoms with E-state index in [0.717, 1.165) is 15.6 Å². The number of hydrogen-bond donors (Lipinski definition) is 3. The molecular weight excluding hydrogens is 237 g/mol. The van der Waals surface area contributed by atoms with Crippen LogP contribution in [-0.2, 0) is 13.4 Å². The molecule has 1 atom stereocenters. The maximum atomic E-state index is 10.0. The molecule has 0 heterocycles. The summed E-state index contributed by atoms with van der Waals surface area (Å²) in [7, 11) is -4.82. The Morgan fingerprint density at radius 2 is 1.56 bits per heavy atom. The second kappa shape index (κ2) is 2.82. The Hall–Kier alpha value is 0.819. The van der Waals surface area contributed by atoms with E-state index < -0.39 is 14.1 Å². The van der Waals surface area contributed by atoms with Gasteiger partial charge in [-0.2, -0.15) is 0 Å². The quantitative estimate of drug-likeness (QED) is 0.427. The average molecular weight is 241 g/mol. The number of rotatable bonds is 2. The van der Waals surface area contributed by atoms with Crippen LogP contribution in [0.25, 0.3) is 0 Å². The average Bonchev–Trinajstić information content (AvgIpc) is 1.14. The second-order valence-electron chi connectivity index (χ2n) is 1.06. The third kappa shape index (κ3) is 8.82. The van der Waals surface area contributed by atoms with Gasteiger partial charge in [-0.25, -0.2) is 0 Å². The zero-order valence-corrected chi connectivity index (χ0v) is 7.57. The molecule has 9 heavy (non-hydrogen) atoms. The summed E-state index contributed by atoms with van der Waals surface area (Å²) in [5.74, 6) is 0. The fourth-order valence-electron chi connectivity index (χ4n) is 0.139. The van der Waals surface area contributed by atoms with Gasteiger partial charge in [0.15, 0.2) is 0 Å². The molecule has 1 unspecified atom stereocenters. The van der Waals surface area contributed by atoms with Crippen LogP contribution in [0.1, 0.15) is 0 Å². The van der Waals surface area contributed by atoms with Crippen LogP contribution in [0.15, 0.2) is 0 Å². The predicted molar refractivity (Wildman–Crippen MR) is 30.1 cm³/mol. The van der Waals surface area contributed by atoms with Crippen LogP contribution < -0.4 is 0 Å². The zero-order valence-electron chi connectivity index (χ0n) is 3.91. The van der Waals surface area contributed by atoms with E-state index in [2.05, 4.69) is 4.31 Å². The molecule has 0 aliphatic heterocycles. The van der Waals surface area contributed by atoms with Crippen molar-refractivity contribution in [3.63, 3.8) is 0 Å². The summed E-state index contributed by atoms with van der Waals surface area (Å²) in [4.78, 5) is 24.0. The Morgan fingerprint density at radius 3 is 1.56 bits per heavy atom. The standard InChI is InChI=1S/H4O6P2Se/c1-7(2,3)6-8(4,5)9/h(H2,1,2,3)(H2,4,5,9). The molecule has 0 rings (SSSR count). The third-order valence-electron chi connectivity index (χ3n) is 0.213. The van der Waals surface area contributed by atoms with E-state index >= 15 is 0 Å². The van der Waals surface area contributed by atoms with Gasteiger partial charge in [0.05, 0.1) is 0 Å². The Bertz CT molecular complexity index is 151. The Labute approximate surface area is 58.4 Å². The van der Waals surface area contributed by atoms with Crippen LogP contribution in [0.4, 0.5) is 0 Å². The van der Waals surface area contributed by atoms with E-state index in [1.54, 1.807) is 0 Å². The van der Waals surface area contributed by atoms with E-state index in [4.69, 9.17) is 14.7 Å². The molecule has 0 aliphatic carbocycles. The molecule has 0 aromatic carbocycles. The van der Waals surface area contributed by atoms with Gasteiger partial charge in [-0.1, -0.05) is 0 Å². The van der Waals surface area contributed by atoms with Crippen molar-refractivity contribution in [2.75, 3.05) is 0 Å². The van der Waals surface area contributed by atoms with Crippen LogP contribution in [-0.4, -0.2) is 30.3 Å². The summed E-state index contributed by atoms with van der Waals surface area (Å²) in [5.41, 5.74) is 0. The van der Waals surface area contributed by atoms with Gasteiger partial charge in [0.1, 0.15) is 0 Å². The summed E-state index contributed by atoms with van der Waals surface area (Å²) >= 11 is 1.13. The van der Waals surface area contributed by atoms with Crippen LogP contribution >= 0.6 is 14.1 Å². The van der Waals surface area contributed by atoms with Gasteiger partial charge in [-0.15, -0.1) is 0 Å². The molecule has 3 N–H and O–H groups in total. The van der Waals surface area contributed by atoms with Gasteiger partial charge in [0.2, 0.25) is 0 Å². The molecule has 0 saturated carbocycles. The van der Waals surface area contributed by atoms with E-state index in [9.17, 15) is 9.13 Å². The molecule has 9 heteroatoms. The van der Waals surface area contributed by atoms with E-state index in [0.29, 0.717) is 0 Å². The molecule has 0 aliphatic rings. The van der Waals surface area contributed by atoms with Gasteiger partial charge in [-0.05, 0) is 0 Å². The molecule has 0 spiro atoms. The summed E-state index contributed by atoms with van der Waals surface area (Å²) in [6, 6.07) is 0. The fraction of sp³-hybridized carbons (Fsp3) is 0. The maximum absolute atomic E-state index is 10.0. The van der Waals surface area contributed by atoms with Crippen LogP contribution in [0, 0.1) is 0 Å². The topological polar surface area (TPSA) is 104 Å². The predicted octanol–water partition coefficient (Wildman–Crippen LogP) is -0.903. The first-order chi connectivity index (χ1) is 3.71. The van der Waals surface area contributed by atoms with Crippen molar-refractivity contribution in [3.05, 3.63) is 0 Å². The second-order valence-corrected chi connectivity index (χ2v) is 6.86. The summed E-state index contributed by atoms with van der Waals surface area (Å²) in [6.45, 7) is 0. The van der Waals surface area contributed by atoms with E-state index in [1.165, 1.54) is 0 Å². The third-order valence-corrected chi connectivity index (χ3v) is 3.29. The van der Waals surface area contributed by atoms with E-state index in [-0.39, 0.29) is 0 Å².